The quantitative estimate of drug-likeness (QED) is 0.928. The highest BCUT2D eigenvalue weighted by molar-refractivity contribution is 5.94. The first kappa shape index (κ1) is 14.1. The summed E-state index contributed by atoms with van der Waals surface area (Å²) < 4.78 is 0. The highest BCUT2D eigenvalue weighted by Gasteiger charge is 2.13. The van der Waals surface area contributed by atoms with Gasteiger partial charge in [-0.2, -0.15) is 0 Å². The Morgan fingerprint density at radius 3 is 2.75 bits per heavy atom. The summed E-state index contributed by atoms with van der Waals surface area (Å²) in [5.74, 6) is 0.0135. The molecule has 1 amide bonds. The molecule has 0 fully saturated rings. The van der Waals surface area contributed by atoms with Crippen molar-refractivity contribution >= 4 is 11.6 Å². The van der Waals surface area contributed by atoms with Gasteiger partial charge in [0.15, 0.2) is 0 Å². The fraction of sp³-hybridized carbons (Fsp3) is 0.250. The molecular weight excluding hydrogens is 250 g/mol. The summed E-state index contributed by atoms with van der Waals surface area (Å²) >= 11 is 0. The lowest BCUT2D eigenvalue weighted by Gasteiger charge is -2.18. The Bertz CT molecular complexity index is 596. The lowest BCUT2D eigenvalue weighted by molar-refractivity contribution is 0.0785. The predicted molar refractivity (Wildman–Crippen MR) is 80.8 cm³/mol. The second-order valence-corrected chi connectivity index (χ2v) is 4.80. The molecule has 0 aliphatic heterocycles. The van der Waals surface area contributed by atoms with Crippen molar-refractivity contribution in [2.45, 2.75) is 13.5 Å². The van der Waals surface area contributed by atoms with Gasteiger partial charge >= 0.3 is 0 Å². The molecule has 0 aliphatic rings. The van der Waals surface area contributed by atoms with E-state index in [1.54, 1.807) is 24.3 Å². The zero-order valence-corrected chi connectivity index (χ0v) is 12.1. The molecule has 1 aromatic heterocycles. The minimum Gasteiger partial charge on any atom is -0.388 e. The highest BCUT2D eigenvalue weighted by atomic mass is 16.2. The standard InChI is InChI=1S/C16H19N3O/c1-12-9-14(6-7-15(12)17-2)16(20)19(3)11-13-5-4-8-18-10-13/h4-10,17H,11H2,1-3H3. The highest BCUT2D eigenvalue weighted by Crippen LogP contribution is 2.17. The number of nitrogens with zero attached hydrogens (tertiary/aromatic N) is 2. The molecule has 0 bridgehead atoms. The van der Waals surface area contributed by atoms with E-state index in [-0.39, 0.29) is 5.91 Å². The van der Waals surface area contributed by atoms with E-state index in [1.807, 2.05) is 44.3 Å². The minimum atomic E-state index is 0.0135. The van der Waals surface area contributed by atoms with Gasteiger partial charge < -0.3 is 10.2 Å². The maximum absolute atomic E-state index is 12.4. The largest absolute Gasteiger partial charge is 0.388 e. The van der Waals surface area contributed by atoms with E-state index in [4.69, 9.17) is 0 Å². The van der Waals surface area contributed by atoms with Crippen molar-refractivity contribution in [3.63, 3.8) is 0 Å². The first-order valence-corrected chi connectivity index (χ1v) is 6.54. The minimum absolute atomic E-state index is 0.0135. The average Bonchev–Trinajstić information content (AvgIpc) is 2.47. The maximum Gasteiger partial charge on any atom is 0.253 e. The average molecular weight is 269 g/mol. The molecular formula is C16H19N3O. The van der Waals surface area contributed by atoms with Crippen LogP contribution in [-0.4, -0.2) is 29.9 Å². The first-order valence-electron chi connectivity index (χ1n) is 6.54. The zero-order valence-electron chi connectivity index (χ0n) is 12.1. The number of anilines is 1. The summed E-state index contributed by atoms with van der Waals surface area (Å²) in [7, 11) is 3.68. The summed E-state index contributed by atoms with van der Waals surface area (Å²) in [6, 6.07) is 9.53. The van der Waals surface area contributed by atoms with Crippen LogP contribution in [0.2, 0.25) is 0 Å². The van der Waals surface area contributed by atoms with Gasteiger partial charge in [-0.05, 0) is 42.3 Å². The Labute approximate surface area is 119 Å². The van der Waals surface area contributed by atoms with Crippen LogP contribution in [0.5, 0.6) is 0 Å². The molecule has 0 saturated heterocycles. The van der Waals surface area contributed by atoms with Crippen molar-refractivity contribution < 1.29 is 4.79 Å². The maximum atomic E-state index is 12.4. The number of hydrogen-bond acceptors (Lipinski definition) is 3. The second kappa shape index (κ2) is 6.19. The predicted octanol–water partition coefficient (Wildman–Crippen LogP) is 2.70. The molecule has 0 unspecified atom stereocenters. The van der Waals surface area contributed by atoms with Crippen molar-refractivity contribution in [3.8, 4) is 0 Å². The van der Waals surface area contributed by atoms with Gasteiger partial charge in [-0.25, -0.2) is 0 Å². The van der Waals surface area contributed by atoms with Gasteiger partial charge in [0.1, 0.15) is 0 Å². The summed E-state index contributed by atoms with van der Waals surface area (Å²) in [4.78, 5) is 18.1. The third kappa shape index (κ3) is 3.15. The molecule has 1 N–H and O–H groups in total. The Hall–Kier alpha value is -2.36. The van der Waals surface area contributed by atoms with Crippen LogP contribution in [0, 0.1) is 6.92 Å². The van der Waals surface area contributed by atoms with Crippen molar-refractivity contribution in [2.75, 3.05) is 19.4 Å². The Balaban J connectivity index is 2.12. The van der Waals surface area contributed by atoms with Crippen LogP contribution in [0.1, 0.15) is 21.5 Å². The SMILES string of the molecule is CNc1ccc(C(=O)N(C)Cc2cccnc2)cc1C. The molecule has 4 heteroatoms. The van der Waals surface area contributed by atoms with Crippen LogP contribution in [-0.2, 0) is 6.54 Å². The lowest BCUT2D eigenvalue weighted by atomic mass is 10.1. The summed E-state index contributed by atoms with van der Waals surface area (Å²) in [5.41, 5.74) is 3.82. The first-order chi connectivity index (χ1) is 9.61. The number of carbonyl (C=O) groups is 1. The molecule has 0 spiro atoms. The van der Waals surface area contributed by atoms with Crippen LogP contribution >= 0.6 is 0 Å². The monoisotopic (exact) mass is 269 g/mol. The van der Waals surface area contributed by atoms with Gasteiger partial charge in [-0.3, -0.25) is 9.78 Å². The number of rotatable bonds is 4. The van der Waals surface area contributed by atoms with Gasteiger partial charge in [0.05, 0.1) is 0 Å². The van der Waals surface area contributed by atoms with E-state index in [1.165, 1.54) is 0 Å². The molecule has 2 aromatic rings. The number of hydrogen-bond donors (Lipinski definition) is 1. The number of carbonyl (C=O) groups excluding carboxylic acids is 1. The van der Waals surface area contributed by atoms with Gasteiger partial charge in [0, 0.05) is 44.3 Å². The normalized spacial score (nSPS) is 10.2. The Morgan fingerprint density at radius 2 is 2.15 bits per heavy atom. The summed E-state index contributed by atoms with van der Waals surface area (Å²) in [6.45, 7) is 2.54. The number of nitrogens with one attached hydrogen (secondary N) is 1. The van der Waals surface area contributed by atoms with Gasteiger partial charge in [0.25, 0.3) is 5.91 Å². The van der Waals surface area contributed by atoms with E-state index in [2.05, 4.69) is 10.3 Å². The second-order valence-electron chi connectivity index (χ2n) is 4.80. The number of amides is 1. The van der Waals surface area contributed by atoms with Gasteiger partial charge in [-0.15, -0.1) is 0 Å². The molecule has 0 radical (unpaired) electrons. The molecule has 0 aliphatic carbocycles. The van der Waals surface area contributed by atoms with E-state index < -0.39 is 0 Å². The molecule has 1 aromatic carbocycles. The van der Waals surface area contributed by atoms with Crippen molar-refractivity contribution in [1.82, 2.24) is 9.88 Å². The fourth-order valence-corrected chi connectivity index (χ4v) is 2.13. The zero-order chi connectivity index (χ0) is 14.5. The Kier molecular flexibility index (Phi) is 4.35. The fourth-order valence-electron chi connectivity index (χ4n) is 2.13. The molecule has 4 nitrogen and oxygen atoms in total. The topological polar surface area (TPSA) is 45.2 Å². The van der Waals surface area contributed by atoms with Crippen LogP contribution in [0.15, 0.2) is 42.7 Å². The number of aromatic nitrogens is 1. The number of aryl methyl sites for hydroxylation is 1. The van der Waals surface area contributed by atoms with Crippen molar-refractivity contribution in [3.05, 3.63) is 59.4 Å². The third-order valence-electron chi connectivity index (χ3n) is 3.23. The molecule has 2 rings (SSSR count). The van der Waals surface area contributed by atoms with Crippen molar-refractivity contribution in [2.24, 2.45) is 0 Å². The number of benzene rings is 1. The molecule has 1 heterocycles. The van der Waals surface area contributed by atoms with E-state index >= 15 is 0 Å². The van der Waals surface area contributed by atoms with Crippen LogP contribution in [0.4, 0.5) is 5.69 Å². The van der Waals surface area contributed by atoms with Crippen LogP contribution in [0.3, 0.4) is 0 Å². The Morgan fingerprint density at radius 1 is 1.35 bits per heavy atom. The summed E-state index contributed by atoms with van der Waals surface area (Å²) in [6.07, 6.45) is 3.50. The van der Waals surface area contributed by atoms with Crippen LogP contribution in [0.25, 0.3) is 0 Å². The van der Waals surface area contributed by atoms with Crippen LogP contribution < -0.4 is 5.32 Å². The molecule has 20 heavy (non-hydrogen) atoms. The van der Waals surface area contributed by atoms with Gasteiger partial charge in [0.2, 0.25) is 0 Å². The van der Waals surface area contributed by atoms with E-state index in [0.717, 1.165) is 16.8 Å². The molecule has 0 atom stereocenters. The van der Waals surface area contributed by atoms with Crippen molar-refractivity contribution in [1.29, 1.82) is 0 Å². The lowest BCUT2D eigenvalue weighted by Crippen LogP contribution is -2.26. The smallest absolute Gasteiger partial charge is 0.253 e. The van der Waals surface area contributed by atoms with E-state index in [9.17, 15) is 4.79 Å². The van der Waals surface area contributed by atoms with Gasteiger partial charge in [-0.1, -0.05) is 6.07 Å². The molecule has 0 saturated carbocycles. The number of pyridine rings is 1. The summed E-state index contributed by atoms with van der Waals surface area (Å²) in [5, 5.41) is 3.10. The third-order valence-corrected chi connectivity index (χ3v) is 3.23. The molecule has 104 valence electrons. The van der Waals surface area contributed by atoms with E-state index in [0.29, 0.717) is 12.1 Å².